The molecule has 0 heterocycles. The van der Waals surface area contributed by atoms with Crippen molar-refractivity contribution >= 4 is 50.8 Å². The lowest BCUT2D eigenvalue weighted by Crippen LogP contribution is -2.05. The smallest absolute Gasteiger partial charge is 0.337 e. The Morgan fingerprint density at radius 1 is 1.09 bits per heavy atom. The second-order valence-electron chi connectivity index (χ2n) is 6.72. The summed E-state index contributed by atoms with van der Waals surface area (Å²) < 4.78 is 25.6. The molecule has 0 amide bonds. The van der Waals surface area contributed by atoms with E-state index in [2.05, 4.69) is 21.2 Å². The number of carboxylic acid groups (broad SMARTS) is 1. The highest BCUT2D eigenvalue weighted by atomic mass is 79.9. The minimum Gasteiger partial charge on any atom is -0.490 e. The lowest BCUT2D eigenvalue weighted by atomic mass is 10.1. The predicted octanol–water partition coefficient (Wildman–Crippen LogP) is 7.18. The van der Waals surface area contributed by atoms with Crippen molar-refractivity contribution in [3.63, 3.8) is 0 Å². The molecule has 3 aromatic rings. The van der Waals surface area contributed by atoms with Crippen LogP contribution in [0.2, 0.25) is 10.0 Å². The molecule has 9 heteroatoms. The largest absolute Gasteiger partial charge is 0.490 e. The van der Waals surface area contributed by atoms with E-state index >= 15 is 0 Å². The molecule has 0 atom stereocenters. The van der Waals surface area contributed by atoms with E-state index in [9.17, 15) is 9.18 Å². The minimum absolute atomic E-state index is 0.0429. The van der Waals surface area contributed by atoms with Gasteiger partial charge in [-0.1, -0.05) is 29.3 Å². The molecule has 168 valence electrons. The van der Waals surface area contributed by atoms with Gasteiger partial charge in [-0.25, -0.2) is 9.18 Å². The van der Waals surface area contributed by atoms with Gasteiger partial charge in [0.1, 0.15) is 12.4 Å². The van der Waals surface area contributed by atoms with Crippen LogP contribution in [-0.4, -0.2) is 17.7 Å². The van der Waals surface area contributed by atoms with E-state index in [1.807, 2.05) is 19.1 Å². The molecule has 0 fully saturated rings. The van der Waals surface area contributed by atoms with Crippen molar-refractivity contribution in [2.75, 3.05) is 11.9 Å². The van der Waals surface area contributed by atoms with Gasteiger partial charge in [-0.05, 0) is 70.9 Å². The first-order valence-corrected chi connectivity index (χ1v) is 11.1. The molecule has 0 spiro atoms. The van der Waals surface area contributed by atoms with E-state index < -0.39 is 11.8 Å². The Kier molecular flexibility index (Phi) is 8.23. The molecule has 0 bridgehead atoms. The van der Waals surface area contributed by atoms with Crippen molar-refractivity contribution in [3.8, 4) is 11.5 Å². The number of benzene rings is 3. The molecule has 0 aliphatic heterocycles. The summed E-state index contributed by atoms with van der Waals surface area (Å²) in [7, 11) is 0. The zero-order chi connectivity index (χ0) is 23.3. The lowest BCUT2D eigenvalue weighted by molar-refractivity contribution is 0.0697. The number of aromatic carboxylic acids is 1. The zero-order valence-corrected chi connectivity index (χ0v) is 20.0. The van der Waals surface area contributed by atoms with Gasteiger partial charge in [-0.15, -0.1) is 0 Å². The quantitative estimate of drug-likeness (QED) is 0.299. The summed E-state index contributed by atoms with van der Waals surface area (Å²) in [6.45, 7) is 2.88. The fourth-order valence-electron chi connectivity index (χ4n) is 2.92. The number of rotatable bonds is 9. The van der Waals surface area contributed by atoms with Crippen molar-refractivity contribution < 1.29 is 23.8 Å². The van der Waals surface area contributed by atoms with E-state index in [0.29, 0.717) is 40.4 Å². The van der Waals surface area contributed by atoms with Gasteiger partial charge in [0, 0.05) is 17.8 Å². The maximum atomic E-state index is 13.3. The molecule has 32 heavy (non-hydrogen) atoms. The number of nitrogens with one attached hydrogen (secondary N) is 1. The van der Waals surface area contributed by atoms with Crippen LogP contribution in [0.1, 0.15) is 28.4 Å². The number of hydrogen-bond donors (Lipinski definition) is 2. The van der Waals surface area contributed by atoms with Gasteiger partial charge in [0.05, 0.1) is 26.7 Å². The topological polar surface area (TPSA) is 67.8 Å². The Hall–Kier alpha value is -2.48. The van der Waals surface area contributed by atoms with E-state index in [1.54, 1.807) is 18.2 Å². The summed E-state index contributed by atoms with van der Waals surface area (Å²) in [5, 5.41) is 12.7. The number of halogens is 4. The Labute approximate surface area is 203 Å². The summed E-state index contributed by atoms with van der Waals surface area (Å²) in [6.07, 6.45) is 0. The third-order valence-corrected chi connectivity index (χ3v) is 5.71. The molecule has 0 aliphatic rings. The normalized spacial score (nSPS) is 10.7. The average Bonchev–Trinajstić information content (AvgIpc) is 2.73. The molecule has 3 aromatic carbocycles. The number of carboxylic acids is 1. The second kappa shape index (κ2) is 10.9. The SMILES string of the molecule is CCOc1cc(CNc2ccc(C(=O)O)c(Cl)c2)cc(Br)c1OCc1ccc(F)cc1Cl. The Morgan fingerprint density at radius 2 is 1.88 bits per heavy atom. The summed E-state index contributed by atoms with van der Waals surface area (Å²) in [5.74, 6) is -0.448. The van der Waals surface area contributed by atoms with Gasteiger partial charge in [0.25, 0.3) is 0 Å². The van der Waals surface area contributed by atoms with Crippen LogP contribution < -0.4 is 14.8 Å². The van der Waals surface area contributed by atoms with Crippen LogP contribution in [-0.2, 0) is 13.2 Å². The summed E-state index contributed by atoms with van der Waals surface area (Å²) in [4.78, 5) is 11.1. The molecule has 0 aromatic heterocycles. The van der Waals surface area contributed by atoms with E-state index in [-0.39, 0.29) is 22.2 Å². The van der Waals surface area contributed by atoms with Gasteiger partial charge in [0.15, 0.2) is 11.5 Å². The van der Waals surface area contributed by atoms with E-state index in [0.717, 1.165) is 5.56 Å². The molecule has 0 saturated carbocycles. The molecule has 0 radical (unpaired) electrons. The van der Waals surface area contributed by atoms with Crippen molar-refractivity contribution in [2.24, 2.45) is 0 Å². The highest BCUT2D eigenvalue weighted by molar-refractivity contribution is 9.10. The molecule has 0 aliphatic carbocycles. The van der Waals surface area contributed by atoms with Crippen molar-refractivity contribution in [1.29, 1.82) is 0 Å². The maximum absolute atomic E-state index is 13.3. The monoisotopic (exact) mass is 541 g/mol. The summed E-state index contributed by atoms with van der Waals surface area (Å²) in [5.41, 5.74) is 2.27. The Bertz CT molecular complexity index is 1140. The summed E-state index contributed by atoms with van der Waals surface area (Å²) >= 11 is 15.6. The molecule has 5 nitrogen and oxygen atoms in total. The number of anilines is 1. The standard InChI is InChI=1S/C23H19BrCl2FNO4/c1-2-31-21-8-13(11-28-16-5-6-17(23(29)30)20(26)10-16)7-18(24)22(21)32-12-14-3-4-15(27)9-19(14)25/h3-10,28H,2,11-12H2,1H3,(H,29,30). The highest BCUT2D eigenvalue weighted by Gasteiger charge is 2.14. The van der Waals surface area contributed by atoms with Crippen molar-refractivity contribution in [3.05, 3.63) is 85.6 Å². The van der Waals surface area contributed by atoms with Crippen LogP contribution in [0.15, 0.2) is 53.0 Å². The van der Waals surface area contributed by atoms with Crippen LogP contribution in [0.5, 0.6) is 11.5 Å². The van der Waals surface area contributed by atoms with Crippen molar-refractivity contribution in [2.45, 2.75) is 20.1 Å². The van der Waals surface area contributed by atoms with Gasteiger partial charge >= 0.3 is 5.97 Å². The van der Waals surface area contributed by atoms with E-state index in [4.69, 9.17) is 37.8 Å². The number of ether oxygens (including phenoxy) is 2. The second-order valence-corrected chi connectivity index (χ2v) is 8.38. The fraction of sp³-hybridized carbons (Fsp3) is 0.174. The highest BCUT2D eigenvalue weighted by Crippen LogP contribution is 2.38. The third-order valence-electron chi connectivity index (χ3n) is 4.45. The van der Waals surface area contributed by atoms with E-state index in [1.165, 1.54) is 18.2 Å². The molecule has 3 rings (SSSR count). The Morgan fingerprint density at radius 3 is 2.53 bits per heavy atom. The molecular weight excluding hydrogens is 524 g/mol. The van der Waals surface area contributed by atoms with Crippen LogP contribution in [0.4, 0.5) is 10.1 Å². The maximum Gasteiger partial charge on any atom is 0.337 e. The molecule has 0 saturated heterocycles. The van der Waals surface area contributed by atoms with Crippen LogP contribution in [0.3, 0.4) is 0 Å². The van der Waals surface area contributed by atoms with Gasteiger partial charge in [0.2, 0.25) is 0 Å². The lowest BCUT2D eigenvalue weighted by Gasteiger charge is -2.16. The number of hydrogen-bond acceptors (Lipinski definition) is 4. The van der Waals surface area contributed by atoms with Crippen molar-refractivity contribution in [1.82, 2.24) is 0 Å². The summed E-state index contributed by atoms with van der Waals surface area (Å²) in [6, 6.07) is 12.5. The third kappa shape index (κ3) is 6.06. The van der Waals surface area contributed by atoms with Gasteiger partial charge < -0.3 is 19.9 Å². The first-order chi connectivity index (χ1) is 15.3. The Balaban J connectivity index is 1.76. The molecule has 2 N–H and O–H groups in total. The molecular formula is C23H19BrCl2FNO4. The fourth-order valence-corrected chi connectivity index (χ4v) is 4.00. The zero-order valence-electron chi connectivity index (χ0n) is 16.9. The van der Waals surface area contributed by atoms with Gasteiger partial charge in [-0.3, -0.25) is 0 Å². The first kappa shape index (κ1) is 24.2. The average molecular weight is 543 g/mol. The predicted molar refractivity (Wildman–Crippen MR) is 127 cm³/mol. The molecule has 0 unspecified atom stereocenters. The van der Waals surface area contributed by atoms with Crippen LogP contribution in [0, 0.1) is 5.82 Å². The van der Waals surface area contributed by atoms with Gasteiger partial charge in [-0.2, -0.15) is 0 Å². The first-order valence-electron chi connectivity index (χ1n) is 9.57. The minimum atomic E-state index is -1.08. The van der Waals surface area contributed by atoms with Crippen LogP contribution in [0.25, 0.3) is 0 Å². The number of carbonyl (C=O) groups is 1. The van der Waals surface area contributed by atoms with Crippen LogP contribution >= 0.6 is 39.1 Å².